The fourth-order valence-electron chi connectivity index (χ4n) is 2.90. The molecule has 1 fully saturated rings. The third kappa shape index (κ3) is 10.9. The van der Waals surface area contributed by atoms with Crippen LogP contribution in [0.3, 0.4) is 0 Å². The van der Waals surface area contributed by atoms with Gasteiger partial charge in [0.05, 0.1) is 18.9 Å². The first-order chi connectivity index (χ1) is 15.7. The molecule has 2 aromatic rings. The molecule has 1 saturated heterocycles. The number of pyridine rings is 1. The predicted molar refractivity (Wildman–Crippen MR) is 129 cm³/mol. The van der Waals surface area contributed by atoms with E-state index in [4.69, 9.17) is 19.8 Å². The molecule has 1 aromatic heterocycles. The van der Waals surface area contributed by atoms with Gasteiger partial charge in [-0.25, -0.2) is 4.98 Å². The van der Waals surface area contributed by atoms with Gasteiger partial charge < -0.3 is 25.4 Å². The number of carbonyl (C=O) groups is 1. The summed E-state index contributed by atoms with van der Waals surface area (Å²) in [5.41, 5.74) is 6.68. The van der Waals surface area contributed by atoms with Gasteiger partial charge in [0.1, 0.15) is 0 Å². The molecule has 3 rings (SSSR count). The van der Waals surface area contributed by atoms with E-state index in [2.05, 4.69) is 15.2 Å². The number of ether oxygens (including phenoxy) is 2. The third-order valence-electron chi connectivity index (χ3n) is 4.50. The van der Waals surface area contributed by atoms with Gasteiger partial charge in [-0.15, -0.1) is 0 Å². The van der Waals surface area contributed by atoms with Gasteiger partial charge >= 0.3 is 0 Å². The smallest absolute Gasteiger partial charge is 0.261 e. The highest BCUT2D eigenvalue weighted by atomic mass is 32.2. The number of carbonyl (C=O) groups excluding carboxylic acids is 1. The lowest BCUT2D eigenvalue weighted by Gasteiger charge is -2.26. The third-order valence-corrected chi connectivity index (χ3v) is 5.44. The first-order valence-corrected chi connectivity index (χ1v) is 13.2. The fourth-order valence-corrected chi connectivity index (χ4v) is 3.88. The van der Waals surface area contributed by atoms with Crippen molar-refractivity contribution in [2.75, 3.05) is 51.1 Å². The second kappa shape index (κ2) is 13.4. The quantitative estimate of drug-likeness (QED) is 0.344. The Morgan fingerprint density at radius 3 is 2.52 bits per heavy atom. The maximum absolute atomic E-state index is 11.1. The van der Waals surface area contributed by atoms with Gasteiger partial charge in [-0.1, -0.05) is 6.07 Å². The Hall–Kier alpha value is -2.38. The van der Waals surface area contributed by atoms with E-state index >= 15 is 0 Å². The van der Waals surface area contributed by atoms with Gasteiger partial charge in [-0.3, -0.25) is 9.35 Å². The Bertz CT molecular complexity index is 988. The standard InChI is InChI=1S/C20H26N4O3S.CH4O3S/c1-26-18-12-15(13-22-6-7-24-8-10-28-11-9-24)2-4-17(18)27-19-5-3-16(14-23-19)20(21)25;1-5(2,3)4/h2-5,12,14,22H,6-11,13H2,1H3,(H2,21,25);1H3,(H,2,3,4). The Morgan fingerprint density at radius 2 is 1.94 bits per heavy atom. The maximum Gasteiger partial charge on any atom is 0.261 e. The molecule has 12 heteroatoms. The Balaban J connectivity index is 0.000000696. The lowest BCUT2D eigenvalue weighted by Crippen LogP contribution is -2.37. The van der Waals surface area contributed by atoms with E-state index in [1.165, 1.54) is 30.8 Å². The van der Waals surface area contributed by atoms with Gasteiger partial charge in [0, 0.05) is 56.5 Å². The number of amides is 1. The molecule has 1 amide bonds. The molecular weight excluding hydrogens is 468 g/mol. The van der Waals surface area contributed by atoms with Crippen molar-refractivity contribution in [1.29, 1.82) is 0 Å². The number of primary amides is 1. The molecule has 1 aliphatic rings. The molecule has 33 heavy (non-hydrogen) atoms. The van der Waals surface area contributed by atoms with Crippen LogP contribution in [-0.4, -0.2) is 79.8 Å². The number of nitrogens with two attached hydrogens (primary N) is 1. The zero-order valence-corrected chi connectivity index (χ0v) is 20.3. The number of methoxy groups -OCH3 is 1. The van der Waals surface area contributed by atoms with Crippen molar-refractivity contribution in [3.05, 3.63) is 47.7 Å². The van der Waals surface area contributed by atoms with Crippen molar-refractivity contribution in [2.24, 2.45) is 5.73 Å². The number of thioether (sulfide) groups is 1. The van der Waals surface area contributed by atoms with Crippen molar-refractivity contribution >= 4 is 27.8 Å². The molecule has 0 aliphatic carbocycles. The Labute approximate surface area is 198 Å². The predicted octanol–water partition coefficient (Wildman–Crippen LogP) is 1.62. The van der Waals surface area contributed by atoms with E-state index in [1.54, 1.807) is 19.2 Å². The molecule has 0 atom stereocenters. The van der Waals surface area contributed by atoms with Crippen LogP contribution in [0.2, 0.25) is 0 Å². The van der Waals surface area contributed by atoms with E-state index in [-0.39, 0.29) is 0 Å². The van der Waals surface area contributed by atoms with Crippen molar-refractivity contribution in [3.63, 3.8) is 0 Å². The summed E-state index contributed by atoms with van der Waals surface area (Å²) < 4.78 is 37.1. The summed E-state index contributed by atoms with van der Waals surface area (Å²) >= 11 is 2.03. The van der Waals surface area contributed by atoms with Crippen molar-refractivity contribution in [2.45, 2.75) is 6.54 Å². The monoisotopic (exact) mass is 498 g/mol. The first-order valence-electron chi connectivity index (χ1n) is 10.2. The van der Waals surface area contributed by atoms with Crippen LogP contribution in [0.1, 0.15) is 15.9 Å². The SMILES string of the molecule is COc1cc(CNCCN2CCSCC2)ccc1Oc1ccc(C(N)=O)cn1.CS(=O)(=O)O. The number of nitrogens with one attached hydrogen (secondary N) is 1. The lowest BCUT2D eigenvalue weighted by atomic mass is 10.2. The minimum absolute atomic E-state index is 0.337. The number of hydrogen-bond acceptors (Lipinski definition) is 9. The number of benzene rings is 1. The van der Waals surface area contributed by atoms with Crippen LogP contribution in [0, 0.1) is 0 Å². The van der Waals surface area contributed by atoms with E-state index in [0.29, 0.717) is 29.2 Å². The summed E-state index contributed by atoms with van der Waals surface area (Å²) in [5, 5.41) is 3.49. The summed E-state index contributed by atoms with van der Waals surface area (Å²) in [7, 11) is -2.06. The molecule has 1 aromatic carbocycles. The summed E-state index contributed by atoms with van der Waals surface area (Å²) in [6.45, 7) is 5.17. The van der Waals surface area contributed by atoms with Gasteiger partial charge in [0.25, 0.3) is 10.1 Å². The average molecular weight is 499 g/mol. The normalized spacial score (nSPS) is 14.2. The van der Waals surface area contributed by atoms with Gasteiger partial charge in [0.2, 0.25) is 11.8 Å². The zero-order valence-electron chi connectivity index (χ0n) is 18.7. The molecule has 0 unspecified atom stereocenters. The minimum atomic E-state index is -3.67. The van der Waals surface area contributed by atoms with Gasteiger partial charge in [-0.05, 0) is 23.8 Å². The summed E-state index contributed by atoms with van der Waals surface area (Å²) in [4.78, 5) is 17.7. The van der Waals surface area contributed by atoms with E-state index in [0.717, 1.165) is 25.2 Å². The Morgan fingerprint density at radius 1 is 1.24 bits per heavy atom. The number of hydrogen-bond donors (Lipinski definition) is 3. The first kappa shape index (κ1) is 26.9. The lowest BCUT2D eigenvalue weighted by molar-refractivity contribution is 0.1000. The Kier molecular flexibility index (Phi) is 10.9. The topological polar surface area (TPSA) is 144 Å². The number of nitrogens with zero attached hydrogens (tertiary/aromatic N) is 2. The minimum Gasteiger partial charge on any atom is -0.493 e. The highest BCUT2D eigenvalue weighted by Crippen LogP contribution is 2.31. The summed E-state index contributed by atoms with van der Waals surface area (Å²) in [5.74, 6) is 3.52. The van der Waals surface area contributed by atoms with Crippen LogP contribution < -0.4 is 20.5 Å². The van der Waals surface area contributed by atoms with E-state index in [9.17, 15) is 13.2 Å². The molecule has 10 nitrogen and oxygen atoms in total. The van der Waals surface area contributed by atoms with Crippen molar-refractivity contribution < 1.29 is 27.2 Å². The van der Waals surface area contributed by atoms with Crippen LogP contribution in [0.25, 0.3) is 0 Å². The summed E-state index contributed by atoms with van der Waals surface area (Å²) in [6.07, 6.45) is 2.11. The number of rotatable bonds is 9. The number of aromatic nitrogens is 1. The van der Waals surface area contributed by atoms with Gasteiger partial charge in [-0.2, -0.15) is 20.2 Å². The van der Waals surface area contributed by atoms with Crippen LogP contribution >= 0.6 is 11.8 Å². The second-order valence-corrected chi connectivity index (χ2v) is 9.89. The molecule has 1 aliphatic heterocycles. The largest absolute Gasteiger partial charge is 0.493 e. The fraction of sp³-hybridized carbons (Fsp3) is 0.429. The molecule has 0 saturated carbocycles. The molecule has 4 N–H and O–H groups in total. The molecule has 182 valence electrons. The van der Waals surface area contributed by atoms with Crippen LogP contribution in [-0.2, 0) is 16.7 Å². The molecule has 2 heterocycles. The highest BCUT2D eigenvalue weighted by molar-refractivity contribution is 7.99. The molecule has 0 radical (unpaired) electrons. The maximum atomic E-state index is 11.1. The highest BCUT2D eigenvalue weighted by Gasteiger charge is 2.11. The van der Waals surface area contributed by atoms with Crippen LogP contribution in [0.4, 0.5) is 0 Å². The average Bonchev–Trinajstić information content (AvgIpc) is 2.77. The van der Waals surface area contributed by atoms with Crippen LogP contribution in [0.15, 0.2) is 36.5 Å². The van der Waals surface area contributed by atoms with Crippen molar-refractivity contribution in [1.82, 2.24) is 15.2 Å². The molecule has 0 bridgehead atoms. The molecule has 0 spiro atoms. The molecular formula is C21H30N4O6S2. The zero-order chi connectivity index (χ0) is 24.3. The van der Waals surface area contributed by atoms with E-state index in [1.807, 2.05) is 30.0 Å². The summed E-state index contributed by atoms with van der Waals surface area (Å²) in [6, 6.07) is 9.00. The van der Waals surface area contributed by atoms with Crippen LogP contribution in [0.5, 0.6) is 17.4 Å². The van der Waals surface area contributed by atoms with Gasteiger partial charge in [0.15, 0.2) is 11.5 Å². The van der Waals surface area contributed by atoms with Crippen molar-refractivity contribution in [3.8, 4) is 17.4 Å². The second-order valence-electron chi connectivity index (χ2n) is 7.20. The van der Waals surface area contributed by atoms with E-state index < -0.39 is 16.0 Å².